The zero-order valence-electron chi connectivity index (χ0n) is 12.6. The standard InChI is InChI=1S/C14H18N4O3S/c1-16(2)13(20)6-18-10-3-4-17(11(10)5-12(18)19)14(21)9-7-22-8-15-9/h7-8,10-11H,3-6H2,1-2H3. The van der Waals surface area contributed by atoms with Crippen LogP contribution in [0, 0.1) is 0 Å². The third kappa shape index (κ3) is 2.47. The number of likely N-dealkylation sites (N-methyl/N-ethyl adjacent to an activating group) is 1. The van der Waals surface area contributed by atoms with Crippen LogP contribution in [0.1, 0.15) is 23.3 Å². The number of fused-ring (bicyclic) bond motifs is 1. The predicted molar refractivity (Wildman–Crippen MR) is 80.4 cm³/mol. The Morgan fingerprint density at radius 2 is 2.18 bits per heavy atom. The molecule has 2 atom stereocenters. The highest BCUT2D eigenvalue weighted by Gasteiger charge is 2.49. The molecule has 22 heavy (non-hydrogen) atoms. The fourth-order valence-electron chi connectivity index (χ4n) is 3.14. The van der Waals surface area contributed by atoms with Gasteiger partial charge in [-0.1, -0.05) is 0 Å². The van der Waals surface area contributed by atoms with Crippen LogP contribution < -0.4 is 0 Å². The molecule has 2 fully saturated rings. The first-order valence-electron chi connectivity index (χ1n) is 7.18. The number of amides is 3. The van der Waals surface area contributed by atoms with E-state index in [9.17, 15) is 14.4 Å². The highest BCUT2D eigenvalue weighted by molar-refractivity contribution is 7.07. The Morgan fingerprint density at radius 3 is 2.82 bits per heavy atom. The number of rotatable bonds is 3. The minimum absolute atomic E-state index is 0.0547. The van der Waals surface area contributed by atoms with E-state index in [1.807, 2.05) is 0 Å². The number of nitrogens with zero attached hydrogens (tertiary/aromatic N) is 4. The highest BCUT2D eigenvalue weighted by atomic mass is 32.1. The second-order valence-corrected chi connectivity index (χ2v) is 6.53. The van der Waals surface area contributed by atoms with Gasteiger partial charge in [0.05, 0.1) is 17.6 Å². The van der Waals surface area contributed by atoms with Crippen molar-refractivity contribution in [2.45, 2.75) is 24.9 Å². The smallest absolute Gasteiger partial charge is 0.273 e. The molecular formula is C14H18N4O3S. The fourth-order valence-corrected chi connectivity index (χ4v) is 3.66. The summed E-state index contributed by atoms with van der Waals surface area (Å²) in [6.07, 6.45) is 1.01. The molecule has 0 bridgehead atoms. The SMILES string of the molecule is CN(C)C(=O)CN1C(=O)CC2C1CCN2C(=O)c1cscn1. The Morgan fingerprint density at radius 1 is 1.41 bits per heavy atom. The van der Waals surface area contributed by atoms with Crippen LogP contribution in [0.25, 0.3) is 0 Å². The average molecular weight is 322 g/mol. The maximum absolute atomic E-state index is 12.5. The molecule has 2 aliphatic heterocycles. The van der Waals surface area contributed by atoms with Crippen molar-refractivity contribution in [3.05, 3.63) is 16.6 Å². The van der Waals surface area contributed by atoms with Gasteiger partial charge in [-0.25, -0.2) is 4.98 Å². The number of thiazole rings is 1. The van der Waals surface area contributed by atoms with Crippen LogP contribution in [0.15, 0.2) is 10.9 Å². The summed E-state index contributed by atoms with van der Waals surface area (Å²) in [4.78, 5) is 45.4. The first-order valence-corrected chi connectivity index (χ1v) is 8.12. The molecule has 0 aromatic carbocycles. The van der Waals surface area contributed by atoms with E-state index in [1.54, 1.807) is 34.8 Å². The van der Waals surface area contributed by atoms with E-state index in [2.05, 4.69) is 4.98 Å². The van der Waals surface area contributed by atoms with E-state index in [-0.39, 0.29) is 36.3 Å². The molecule has 2 aliphatic rings. The van der Waals surface area contributed by atoms with Gasteiger partial charge in [0.2, 0.25) is 11.8 Å². The van der Waals surface area contributed by atoms with E-state index in [0.717, 1.165) is 0 Å². The summed E-state index contributed by atoms with van der Waals surface area (Å²) in [5, 5.41) is 1.72. The summed E-state index contributed by atoms with van der Waals surface area (Å²) < 4.78 is 0. The van der Waals surface area contributed by atoms with Crippen molar-refractivity contribution in [1.82, 2.24) is 19.7 Å². The summed E-state index contributed by atoms with van der Waals surface area (Å²) in [6.45, 7) is 0.692. The van der Waals surface area contributed by atoms with Crippen LogP contribution in [0.5, 0.6) is 0 Å². The minimum atomic E-state index is -0.142. The molecule has 3 heterocycles. The summed E-state index contributed by atoms with van der Waals surface area (Å²) in [6, 6.07) is -0.198. The molecule has 8 heteroatoms. The quantitative estimate of drug-likeness (QED) is 0.788. The summed E-state index contributed by atoms with van der Waals surface area (Å²) in [5.41, 5.74) is 2.06. The Kier molecular flexibility index (Phi) is 3.86. The van der Waals surface area contributed by atoms with Gasteiger partial charge in [0.25, 0.3) is 5.91 Å². The number of hydrogen-bond donors (Lipinski definition) is 0. The van der Waals surface area contributed by atoms with Crippen LogP contribution in [-0.2, 0) is 9.59 Å². The van der Waals surface area contributed by atoms with E-state index in [0.29, 0.717) is 25.1 Å². The first kappa shape index (κ1) is 15.0. The number of hydrogen-bond acceptors (Lipinski definition) is 5. The Labute approximate surface area is 132 Å². The molecule has 118 valence electrons. The molecule has 2 unspecified atom stereocenters. The molecule has 7 nitrogen and oxygen atoms in total. The third-order valence-electron chi connectivity index (χ3n) is 4.33. The molecule has 1 aromatic rings. The molecule has 0 spiro atoms. The topological polar surface area (TPSA) is 73.8 Å². The highest BCUT2D eigenvalue weighted by Crippen LogP contribution is 2.33. The van der Waals surface area contributed by atoms with Crippen molar-refractivity contribution >= 4 is 29.1 Å². The average Bonchev–Trinajstić information content (AvgIpc) is 3.17. The lowest BCUT2D eigenvalue weighted by atomic mass is 10.1. The predicted octanol–water partition coefficient (Wildman–Crippen LogP) is 0.0467. The lowest BCUT2D eigenvalue weighted by Gasteiger charge is -2.25. The fraction of sp³-hybridized carbons (Fsp3) is 0.571. The molecule has 1 aromatic heterocycles. The van der Waals surface area contributed by atoms with Crippen molar-refractivity contribution in [3.8, 4) is 0 Å². The van der Waals surface area contributed by atoms with Gasteiger partial charge in [0.15, 0.2) is 0 Å². The molecule has 0 saturated carbocycles. The molecule has 2 saturated heterocycles. The van der Waals surface area contributed by atoms with Gasteiger partial charge in [-0.3, -0.25) is 14.4 Å². The Hall–Kier alpha value is -1.96. The van der Waals surface area contributed by atoms with Crippen molar-refractivity contribution in [2.24, 2.45) is 0 Å². The van der Waals surface area contributed by atoms with Gasteiger partial charge in [0, 0.05) is 32.4 Å². The van der Waals surface area contributed by atoms with Crippen LogP contribution in [0.3, 0.4) is 0 Å². The van der Waals surface area contributed by atoms with Gasteiger partial charge < -0.3 is 14.7 Å². The van der Waals surface area contributed by atoms with E-state index < -0.39 is 0 Å². The van der Waals surface area contributed by atoms with Crippen LogP contribution in [-0.4, -0.2) is 76.7 Å². The molecule has 3 amide bonds. The van der Waals surface area contributed by atoms with E-state index in [4.69, 9.17) is 0 Å². The Bertz CT molecular complexity index is 601. The van der Waals surface area contributed by atoms with Crippen molar-refractivity contribution in [2.75, 3.05) is 27.2 Å². The van der Waals surface area contributed by atoms with Crippen LogP contribution in [0.2, 0.25) is 0 Å². The third-order valence-corrected chi connectivity index (χ3v) is 4.92. The lowest BCUT2D eigenvalue weighted by Crippen LogP contribution is -2.43. The van der Waals surface area contributed by atoms with Crippen LogP contribution in [0.4, 0.5) is 0 Å². The largest absolute Gasteiger partial charge is 0.347 e. The van der Waals surface area contributed by atoms with Crippen molar-refractivity contribution in [3.63, 3.8) is 0 Å². The molecule has 0 N–H and O–H groups in total. The molecule has 0 aliphatic carbocycles. The zero-order chi connectivity index (χ0) is 15.9. The molecule has 0 radical (unpaired) electrons. The number of carbonyl (C=O) groups excluding carboxylic acids is 3. The Balaban J connectivity index is 1.73. The second-order valence-electron chi connectivity index (χ2n) is 5.81. The van der Waals surface area contributed by atoms with E-state index in [1.165, 1.54) is 16.2 Å². The number of likely N-dealkylation sites (tertiary alicyclic amines) is 2. The summed E-state index contributed by atoms with van der Waals surface area (Å²) >= 11 is 1.38. The molecule has 3 rings (SSSR count). The lowest BCUT2D eigenvalue weighted by molar-refractivity contribution is -0.138. The van der Waals surface area contributed by atoms with Gasteiger partial charge in [-0.2, -0.15) is 0 Å². The monoisotopic (exact) mass is 322 g/mol. The van der Waals surface area contributed by atoms with Gasteiger partial charge in [-0.15, -0.1) is 11.3 Å². The summed E-state index contributed by atoms with van der Waals surface area (Å²) in [7, 11) is 3.35. The number of carbonyl (C=O) groups is 3. The van der Waals surface area contributed by atoms with Gasteiger partial charge in [0.1, 0.15) is 12.2 Å². The zero-order valence-corrected chi connectivity index (χ0v) is 13.4. The van der Waals surface area contributed by atoms with Crippen LogP contribution >= 0.6 is 11.3 Å². The summed E-state index contributed by atoms with van der Waals surface area (Å²) in [5.74, 6) is -0.276. The maximum Gasteiger partial charge on any atom is 0.273 e. The molecular weight excluding hydrogens is 304 g/mol. The van der Waals surface area contributed by atoms with Crippen molar-refractivity contribution in [1.29, 1.82) is 0 Å². The second kappa shape index (κ2) is 5.68. The van der Waals surface area contributed by atoms with E-state index >= 15 is 0 Å². The number of aromatic nitrogens is 1. The minimum Gasteiger partial charge on any atom is -0.347 e. The first-order chi connectivity index (χ1) is 10.5. The van der Waals surface area contributed by atoms with Crippen molar-refractivity contribution < 1.29 is 14.4 Å². The maximum atomic E-state index is 12.5. The normalized spacial score (nSPS) is 23.8. The van der Waals surface area contributed by atoms with Gasteiger partial charge in [-0.05, 0) is 6.42 Å². The van der Waals surface area contributed by atoms with Gasteiger partial charge >= 0.3 is 0 Å².